The van der Waals surface area contributed by atoms with Crippen molar-refractivity contribution in [2.75, 3.05) is 32.1 Å². The fourth-order valence-electron chi connectivity index (χ4n) is 3.28. The zero-order valence-electron chi connectivity index (χ0n) is 15.2. The second-order valence-electron chi connectivity index (χ2n) is 6.49. The van der Waals surface area contributed by atoms with Crippen LogP contribution in [0.15, 0.2) is 42.5 Å². The van der Waals surface area contributed by atoms with Crippen LogP contribution in [0.5, 0.6) is 5.75 Å². The summed E-state index contributed by atoms with van der Waals surface area (Å²) in [6.45, 7) is 2.31. The van der Waals surface area contributed by atoms with Crippen molar-refractivity contribution in [3.63, 3.8) is 0 Å². The number of nitrogens with zero attached hydrogens (tertiary/aromatic N) is 1. The number of carbonyl (C=O) groups is 1. The van der Waals surface area contributed by atoms with Crippen LogP contribution in [0.3, 0.4) is 0 Å². The number of ether oxygens (including phenoxy) is 1. The van der Waals surface area contributed by atoms with Gasteiger partial charge in [0.2, 0.25) is 0 Å². The molecule has 3 rings (SSSR count). The van der Waals surface area contributed by atoms with Gasteiger partial charge in [0.05, 0.1) is 18.8 Å². The van der Waals surface area contributed by atoms with E-state index in [1.165, 1.54) is 6.07 Å². The molecule has 5 nitrogen and oxygen atoms in total. The molecule has 1 aliphatic heterocycles. The van der Waals surface area contributed by atoms with Gasteiger partial charge in [0, 0.05) is 12.6 Å². The molecule has 2 N–H and O–H groups in total. The van der Waals surface area contributed by atoms with Crippen molar-refractivity contribution in [1.29, 1.82) is 0 Å². The minimum atomic E-state index is -0.809. The Bertz CT molecular complexity index is 777. The number of amides is 2. The van der Waals surface area contributed by atoms with E-state index >= 15 is 0 Å². The molecule has 1 fully saturated rings. The molecule has 0 aromatic heterocycles. The molecule has 0 bridgehead atoms. The number of anilines is 1. The summed E-state index contributed by atoms with van der Waals surface area (Å²) in [7, 11) is 1.62. The summed E-state index contributed by atoms with van der Waals surface area (Å²) in [4.78, 5) is 14.5. The van der Waals surface area contributed by atoms with Crippen molar-refractivity contribution >= 4 is 11.7 Å². The molecule has 7 heteroatoms. The molecular weight excluding hydrogens is 352 g/mol. The maximum absolute atomic E-state index is 13.7. The summed E-state index contributed by atoms with van der Waals surface area (Å²) in [6, 6.07) is 10.3. The Morgan fingerprint density at radius 3 is 2.48 bits per heavy atom. The van der Waals surface area contributed by atoms with Crippen LogP contribution in [0, 0.1) is 11.6 Å². The van der Waals surface area contributed by atoms with Crippen molar-refractivity contribution in [1.82, 2.24) is 10.2 Å². The number of carbonyl (C=O) groups excluding carboxylic acids is 1. The molecule has 1 heterocycles. The van der Waals surface area contributed by atoms with E-state index in [9.17, 15) is 13.6 Å². The lowest BCUT2D eigenvalue weighted by Crippen LogP contribution is -2.38. The third-order valence-electron chi connectivity index (χ3n) is 4.72. The topological polar surface area (TPSA) is 53.6 Å². The minimum Gasteiger partial charge on any atom is -0.497 e. The first-order valence-corrected chi connectivity index (χ1v) is 8.94. The second-order valence-corrected chi connectivity index (χ2v) is 6.49. The predicted molar refractivity (Wildman–Crippen MR) is 99.9 cm³/mol. The van der Waals surface area contributed by atoms with Gasteiger partial charge in [0.15, 0.2) is 0 Å². The van der Waals surface area contributed by atoms with Crippen molar-refractivity contribution < 1.29 is 18.3 Å². The molecule has 0 unspecified atom stereocenters. The fourth-order valence-corrected chi connectivity index (χ4v) is 3.28. The number of benzene rings is 2. The highest BCUT2D eigenvalue weighted by atomic mass is 19.1. The van der Waals surface area contributed by atoms with E-state index in [2.05, 4.69) is 15.5 Å². The number of urea groups is 1. The van der Waals surface area contributed by atoms with Crippen LogP contribution in [0.2, 0.25) is 0 Å². The van der Waals surface area contributed by atoms with Crippen LogP contribution >= 0.6 is 0 Å². The Morgan fingerprint density at radius 2 is 1.85 bits per heavy atom. The lowest BCUT2D eigenvalue weighted by molar-refractivity contribution is 0.227. The summed E-state index contributed by atoms with van der Waals surface area (Å²) in [5.41, 5.74) is 1.02. The van der Waals surface area contributed by atoms with E-state index in [0.717, 1.165) is 49.4 Å². The monoisotopic (exact) mass is 375 g/mol. The van der Waals surface area contributed by atoms with Gasteiger partial charge in [-0.15, -0.1) is 0 Å². The Hall–Kier alpha value is -2.67. The molecule has 0 aliphatic carbocycles. The van der Waals surface area contributed by atoms with Gasteiger partial charge < -0.3 is 15.4 Å². The molecule has 144 valence electrons. The zero-order chi connectivity index (χ0) is 19.2. The molecule has 1 aliphatic rings. The minimum absolute atomic E-state index is 0.0159. The number of methoxy groups -OCH3 is 1. The van der Waals surface area contributed by atoms with Crippen LogP contribution in [-0.2, 0) is 0 Å². The van der Waals surface area contributed by atoms with Gasteiger partial charge in [0.25, 0.3) is 0 Å². The third kappa shape index (κ3) is 4.95. The smallest absolute Gasteiger partial charge is 0.319 e. The van der Waals surface area contributed by atoms with E-state index in [-0.39, 0.29) is 11.7 Å². The van der Waals surface area contributed by atoms with Crippen LogP contribution in [0.1, 0.15) is 24.4 Å². The van der Waals surface area contributed by atoms with E-state index in [1.807, 2.05) is 24.3 Å². The number of likely N-dealkylation sites (tertiary alicyclic amines) is 1. The molecule has 0 radical (unpaired) electrons. The molecule has 0 spiro atoms. The number of hydrogen-bond donors (Lipinski definition) is 2. The van der Waals surface area contributed by atoms with Crippen LogP contribution in [-0.4, -0.2) is 37.7 Å². The molecule has 27 heavy (non-hydrogen) atoms. The average molecular weight is 375 g/mol. The Labute approximate surface area is 157 Å². The number of nitrogens with one attached hydrogen (secondary N) is 2. The molecule has 2 aromatic rings. The Kier molecular flexibility index (Phi) is 6.24. The highest BCUT2D eigenvalue weighted by Crippen LogP contribution is 2.26. The van der Waals surface area contributed by atoms with E-state index in [1.54, 1.807) is 7.11 Å². The van der Waals surface area contributed by atoms with Crippen molar-refractivity contribution in [3.8, 4) is 5.75 Å². The Morgan fingerprint density at radius 1 is 1.15 bits per heavy atom. The number of rotatable bonds is 6. The van der Waals surface area contributed by atoms with Crippen molar-refractivity contribution in [2.45, 2.75) is 18.9 Å². The van der Waals surface area contributed by atoms with Gasteiger partial charge in [-0.05, 0) is 55.8 Å². The molecule has 1 saturated heterocycles. The average Bonchev–Trinajstić information content (AvgIpc) is 3.19. The van der Waals surface area contributed by atoms with Gasteiger partial charge in [-0.3, -0.25) is 4.90 Å². The second kappa shape index (κ2) is 8.81. The lowest BCUT2D eigenvalue weighted by Gasteiger charge is -2.28. The van der Waals surface area contributed by atoms with Gasteiger partial charge in [-0.2, -0.15) is 0 Å². The van der Waals surface area contributed by atoms with Gasteiger partial charge in [0.1, 0.15) is 17.4 Å². The normalized spacial score (nSPS) is 15.4. The number of hydrogen-bond acceptors (Lipinski definition) is 3. The van der Waals surface area contributed by atoms with Crippen LogP contribution < -0.4 is 15.4 Å². The van der Waals surface area contributed by atoms with E-state index in [0.29, 0.717) is 6.54 Å². The van der Waals surface area contributed by atoms with Crippen molar-refractivity contribution in [2.24, 2.45) is 0 Å². The van der Waals surface area contributed by atoms with E-state index in [4.69, 9.17) is 4.74 Å². The lowest BCUT2D eigenvalue weighted by atomic mass is 10.1. The SMILES string of the molecule is COc1ccc([C@H](CNC(=O)Nc2ccc(F)cc2F)N2CCCC2)cc1. The molecular formula is C20H23F2N3O2. The first-order chi connectivity index (χ1) is 13.1. The maximum atomic E-state index is 13.7. The highest BCUT2D eigenvalue weighted by molar-refractivity contribution is 5.89. The summed E-state index contributed by atoms with van der Waals surface area (Å²) in [5.74, 6) is -0.722. The summed E-state index contributed by atoms with van der Waals surface area (Å²) in [5, 5.41) is 5.22. The first-order valence-electron chi connectivity index (χ1n) is 8.94. The Balaban J connectivity index is 1.65. The molecule has 2 amide bonds. The van der Waals surface area contributed by atoms with E-state index < -0.39 is 17.7 Å². The first kappa shape index (κ1) is 19.1. The number of halogens is 2. The summed E-state index contributed by atoms with van der Waals surface area (Å²) >= 11 is 0. The highest BCUT2D eigenvalue weighted by Gasteiger charge is 2.24. The van der Waals surface area contributed by atoms with Crippen LogP contribution in [0.25, 0.3) is 0 Å². The van der Waals surface area contributed by atoms with Gasteiger partial charge in [-0.1, -0.05) is 12.1 Å². The fraction of sp³-hybridized carbons (Fsp3) is 0.350. The maximum Gasteiger partial charge on any atom is 0.319 e. The van der Waals surface area contributed by atoms with Crippen LogP contribution in [0.4, 0.5) is 19.3 Å². The summed E-state index contributed by atoms with van der Waals surface area (Å²) in [6.07, 6.45) is 2.25. The van der Waals surface area contributed by atoms with Gasteiger partial charge >= 0.3 is 6.03 Å². The standard InChI is InChI=1S/C20H23F2N3O2/c1-27-16-7-4-14(5-8-16)19(25-10-2-3-11-25)13-23-20(26)24-18-9-6-15(21)12-17(18)22/h4-9,12,19H,2-3,10-11,13H2,1H3,(H2,23,24,26)/t19-/m0/s1. The third-order valence-corrected chi connectivity index (χ3v) is 4.72. The predicted octanol–water partition coefficient (Wildman–Crippen LogP) is 3.93. The molecule has 2 aromatic carbocycles. The zero-order valence-corrected chi connectivity index (χ0v) is 15.2. The summed E-state index contributed by atoms with van der Waals surface area (Å²) < 4.78 is 31.9. The molecule has 1 atom stereocenters. The van der Waals surface area contributed by atoms with Gasteiger partial charge in [-0.25, -0.2) is 13.6 Å². The largest absolute Gasteiger partial charge is 0.497 e. The molecule has 0 saturated carbocycles. The van der Waals surface area contributed by atoms with Crippen molar-refractivity contribution in [3.05, 3.63) is 59.7 Å². The quantitative estimate of drug-likeness (QED) is 0.804.